The number of aliphatic hydroxyl groups is 1. The van der Waals surface area contributed by atoms with Gasteiger partial charge in [-0.1, -0.05) is 48.5 Å². The van der Waals surface area contributed by atoms with Gasteiger partial charge >= 0.3 is 5.91 Å². The summed E-state index contributed by atoms with van der Waals surface area (Å²) in [7, 11) is 3.87. The van der Waals surface area contributed by atoms with Crippen LogP contribution in [0.15, 0.2) is 84.6 Å². The third kappa shape index (κ3) is 3.33. The lowest BCUT2D eigenvalue weighted by atomic mass is 9.95. The van der Waals surface area contributed by atoms with E-state index in [1.165, 1.54) is 4.90 Å². The summed E-state index contributed by atoms with van der Waals surface area (Å²) in [6.45, 7) is 0. The number of pyridine rings is 1. The van der Waals surface area contributed by atoms with Crippen molar-refractivity contribution in [3.63, 3.8) is 0 Å². The number of hydrogen-bond donors (Lipinski definition) is 1. The molecule has 1 fully saturated rings. The Labute approximate surface area is 174 Å². The number of Topliss-reactive ketones (excluding diaryl/α,β-unsaturated/α-hetero) is 1. The molecule has 0 bridgehead atoms. The number of carbonyl (C=O) groups is 2. The Balaban J connectivity index is 1.92. The van der Waals surface area contributed by atoms with Crippen LogP contribution in [-0.2, 0) is 9.59 Å². The third-order valence-corrected chi connectivity index (χ3v) is 5.11. The van der Waals surface area contributed by atoms with E-state index in [9.17, 15) is 14.7 Å². The third-order valence-electron chi connectivity index (χ3n) is 5.11. The number of rotatable bonds is 4. The highest BCUT2D eigenvalue weighted by atomic mass is 16.3. The molecule has 6 heteroatoms. The van der Waals surface area contributed by atoms with Crippen molar-refractivity contribution >= 4 is 29.0 Å². The first kappa shape index (κ1) is 19.4. The maximum Gasteiger partial charge on any atom is 0.301 e. The van der Waals surface area contributed by atoms with Crippen LogP contribution in [0.5, 0.6) is 0 Å². The van der Waals surface area contributed by atoms with Gasteiger partial charge in [0.25, 0.3) is 5.78 Å². The second-order valence-electron chi connectivity index (χ2n) is 7.21. The summed E-state index contributed by atoms with van der Waals surface area (Å²) in [5, 5.41) is 11.0. The van der Waals surface area contributed by atoms with Crippen LogP contribution in [0.4, 0.5) is 11.5 Å². The van der Waals surface area contributed by atoms with Crippen LogP contribution in [0.1, 0.15) is 17.2 Å². The van der Waals surface area contributed by atoms with E-state index in [0.29, 0.717) is 16.9 Å². The standard InChI is InChI=1S/C24H21N3O3/c1-26(2)18-13-11-16(12-14-18)21-20(22(28)17-8-4-3-5-9-17)23(29)24(30)27(21)19-10-6-7-15-25-19/h3-15,21,28H,1-2H3/b22-20-. The van der Waals surface area contributed by atoms with Crippen LogP contribution in [0.3, 0.4) is 0 Å². The summed E-state index contributed by atoms with van der Waals surface area (Å²) in [4.78, 5) is 33.6. The van der Waals surface area contributed by atoms with E-state index in [1.54, 1.807) is 48.7 Å². The average Bonchev–Trinajstić information content (AvgIpc) is 3.05. The van der Waals surface area contributed by atoms with Gasteiger partial charge in [-0.15, -0.1) is 0 Å². The summed E-state index contributed by atoms with van der Waals surface area (Å²) in [5.74, 6) is -1.29. The number of anilines is 2. The Morgan fingerprint density at radius 3 is 2.20 bits per heavy atom. The van der Waals surface area contributed by atoms with Gasteiger partial charge in [0, 0.05) is 31.5 Å². The highest BCUT2D eigenvalue weighted by Crippen LogP contribution is 2.41. The smallest absolute Gasteiger partial charge is 0.301 e. The van der Waals surface area contributed by atoms with Crippen LogP contribution < -0.4 is 9.80 Å². The van der Waals surface area contributed by atoms with Crippen molar-refractivity contribution in [2.24, 2.45) is 0 Å². The molecule has 150 valence electrons. The molecule has 0 spiro atoms. The fourth-order valence-corrected chi connectivity index (χ4v) is 3.59. The molecule has 2 heterocycles. The number of nitrogens with zero attached hydrogens (tertiary/aromatic N) is 3. The molecular weight excluding hydrogens is 378 g/mol. The minimum Gasteiger partial charge on any atom is -0.507 e. The van der Waals surface area contributed by atoms with Gasteiger partial charge in [0.05, 0.1) is 11.6 Å². The number of benzene rings is 2. The number of ketones is 1. The van der Waals surface area contributed by atoms with E-state index in [0.717, 1.165) is 5.69 Å². The summed E-state index contributed by atoms with van der Waals surface area (Å²) >= 11 is 0. The van der Waals surface area contributed by atoms with Gasteiger partial charge in [-0.05, 0) is 29.8 Å². The minimum absolute atomic E-state index is 0.0504. The maximum atomic E-state index is 13.0. The Hall–Kier alpha value is -3.93. The van der Waals surface area contributed by atoms with Crippen molar-refractivity contribution in [2.45, 2.75) is 6.04 Å². The zero-order valence-corrected chi connectivity index (χ0v) is 16.7. The van der Waals surface area contributed by atoms with E-state index in [-0.39, 0.29) is 11.3 Å². The van der Waals surface area contributed by atoms with Crippen molar-refractivity contribution in [1.82, 2.24) is 4.98 Å². The molecule has 6 nitrogen and oxygen atoms in total. The molecule has 1 amide bonds. The van der Waals surface area contributed by atoms with Gasteiger partial charge in [-0.3, -0.25) is 14.5 Å². The molecule has 3 aromatic rings. The van der Waals surface area contributed by atoms with E-state index >= 15 is 0 Å². The molecule has 1 saturated heterocycles. The van der Waals surface area contributed by atoms with Gasteiger partial charge in [0.1, 0.15) is 11.6 Å². The molecule has 1 unspecified atom stereocenters. The minimum atomic E-state index is -0.781. The highest BCUT2D eigenvalue weighted by molar-refractivity contribution is 6.51. The second kappa shape index (κ2) is 7.83. The van der Waals surface area contributed by atoms with Crippen molar-refractivity contribution in [3.05, 3.63) is 95.7 Å². The average molecular weight is 399 g/mol. The first-order chi connectivity index (χ1) is 14.5. The number of aliphatic hydroxyl groups excluding tert-OH is 1. The van der Waals surface area contributed by atoms with Crippen LogP contribution in [0.2, 0.25) is 0 Å². The number of carbonyl (C=O) groups excluding carboxylic acids is 2. The summed E-state index contributed by atoms with van der Waals surface area (Å²) in [6.07, 6.45) is 1.57. The van der Waals surface area contributed by atoms with E-state index in [4.69, 9.17) is 0 Å². The number of aromatic nitrogens is 1. The van der Waals surface area contributed by atoms with Crippen LogP contribution in [-0.4, -0.2) is 35.9 Å². The predicted molar refractivity (Wildman–Crippen MR) is 116 cm³/mol. The van der Waals surface area contributed by atoms with Crippen LogP contribution >= 0.6 is 0 Å². The molecule has 1 aromatic heterocycles. The fraction of sp³-hybridized carbons (Fsp3) is 0.125. The van der Waals surface area contributed by atoms with Gasteiger partial charge < -0.3 is 10.0 Å². The van der Waals surface area contributed by atoms with Crippen molar-refractivity contribution < 1.29 is 14.7 Å². The summed E-state index contributed by atoms with van der Waals surface area (Å²) < 4.78 is 0. The Morgan fingerprint density at radius 2 is 1.60 bits per heavy atom. The predicted octanol–water partition coefficient (Wildman–Crippen LogP) is 3.77. The van der Waals surface area contributed by atoms with Gasteiger partial charge in [-0.2, -0.15) is 0 Å². The fourth-order valence-electron chi connectivity index (χ4n) is 3.59. The Kier molecular flexibility index (Phi) is 5.06. The molecule has 1 aliphatic rings. The van der Waals surface area contributed by atoms with Crippen molar-refractivity contribution in [3.8, 4) is 0 Å². The molecule has 30 heavy (non-hydrogen) atoms. The van der Waals surface area contributed by atoms with Crippen LogP contribution in [0.25, 0.3) is 5.76 Å². The molecule has 1 N–H and O–H groups in total. The molecule has 1 aliphatic heterocycles. The van der Waals surface area contributed by atoms with Gasteiger partial charge in [0.15, 0.2) is 0 Å². The first-order valence-corrected chi connectivity index (χ1v) is 9.54. The Bertz CT molecular complexity index is 1110. The number of amides is 1. The molecule has 4 rings (SSSR count). The highest BCUT2D eigenvalue weighted by Gasteiger charge is 2.47. The Morgan fingerprint density at radius 1 is 0.933 bits per heavy atom. The topological polar surface area (TPSA) is 73.7 Å². The first-order valence-electron chi connectivity index (χ1n) is 9.54. The largest absolute Gasteiger partial charge is 0.507 e. The lowest BCUT2D eigenvalue weighted by Gasteiger charge is -2.25. The van der Waals surface area contributed by atoms with E-state index < -0.39 is 17.7 Å². The maximum absolute atomic E-state index is 13.0. The van der Waals surface area contributed by atoms with Crippen molar-refractivity contribution in [2.75, 3.05) is 23.9 Å². The lowest BCUT2D eigenvalue weighted by Crippen LogP contribution is -2.30. The zero-order valence-electron chi connectivity index (χ0n) is 16.7. The van der Waals surface area contributed by atoms with E-state index in [2.05, 4.69) is 4.98 Å². The summed E-state index contributed by atoms with van der Waals surface area (Å²) in [5.41, 5.74) is 2.22. The zero-order chi connectivity index (χ0) is 21.3. The number of hydrogen-bond acceptors (Lipinski definition) is 5. The molecule has 0 radical (unpaired) electrons. The normalized spacial score (nSPS) is 17.9. The summed E-state index contributed by atoms with van der Waals surface area (Å²) in [6, 6.07) is 20.7. The van der Waals surface area contributed by atoms with Crippen molar-refractivity contribution in [1.29, 1.82) is 0 Å². The van der Waals surface area contributed by atoms with Gasteiger partial charge in [0.2, 0.25) is 0 Å². The van der Waals surface area contributed by atoms with E-state index in [1.807, 2.05) is 49.3 Å². The molecule has 2 aromatic carbocycles. The molecule has 1 atom stereocenters. The second-order valence-corrected chi connectivity index (χ2v) is 7.21. The molecule has 0 aliphatic carbocycles. The molecule has 0 saturated carbocycles. The van der Waals surface area contributed by atoms with Crippen LogP contribution in [0, 0.1) is 0 Å². The molecular formula is C24H21N3O3. The van der Waals surface area contributed by atoms with Gasteiger partial charge in [-0.25, -0.2) is 4.98 Å². The lowest BCUT2D eigenvalue weighted by molar-refractivity contribution is -0.132. The SMILES string of the molecule is CN(C)c1ccc(C2/C(=C(/O)c3ccccc3)C(=O)C(=O)N2c2ccccn2)cc1. The quantitative estimate of drug-likeness (QED) is 0.411. The monoisotopic (exact) mass is 399 g/mol.